The van der Waals surface area contributed by atoms with Crippen molar-refractivity contribution in [3.05, 3.63) is 57.6 Å². The maximum atomic E-state index is 11.8. The SMILES string of the molecule is COC(=O)c1ccccc1/C=C/c1cc(Br)c(OC)cc1OC. The van der Waals surface area contributed by atoms with Crippen molar-refractivity contribution in [1.29, 1.82) is 0 Å². The number of methoxy groups -OCH3 is 3. The van der Waals surface area contributed by atoms with Crippen molar-refractivity contribution in [2.75, 3.05) is 21.3 Å². The van der Waals surface area contributed by atoms with Crippen LogP contribution >= 0.6 is 15.9 Å². The molecule has 0 unspecified atom stereocenters. The lowest BCUT2D eigenvalue weighted by Crippen LogP contribution is -2.03. The Morgan fingerprint density at radius 2 is 1.61 bits per heavy atom. The molecule has 0 bridgehead atoms. The van der Waals surface area contributed by atoms with Crippen molar-refractivity contribution in [2.45, 2.75) is 0 Å². The van der Waals surface area contributed by atoms with Crippen LogP contribution in [0.15, 0.2) is 40.9 Å². The van der Waals surface area contributed by atoms with Gasteiger partial charge in [0.1, 0.15) is 11.5 Å². The second-order valence-electron chi connectivity index (χ2n) is 4.64. The Bertz CT molecular complexity index is 738. The first-order valence-corrected chi connectivity index (χ1v) is 7.67. The number of rotatable bonds is 5. The zero-order valence-electron chi connectivity index (χ0n) is 13.1. The summed E-state index contributed by atoms with van der Waals surface area (Å²) in [6.45, 7) is 0. The summed E-state index contributed by atoms with van der Waals surface area (Å²) < 4.78 is 16.3. The minimum Gasteiger partial charge on any atom is -0.496 e. The average molecular weight is 377 g/mol. The number of carbonyl (C=O) groups is 1. The smallest absolute Gasteiger partial charge is 0.338 e. The summed E-state index contributed by atoms with van der Waals surface area (Å²) in [5, 5.41) is 0. The molecular weight excluding hydrogens is 360 g/mol. The third-order valence-corrected chi connectivity index (χ3v) is 3.93. The number of ether oxygens (including phenoxy) is 3. The van der Waals surface area contributed by atoms with E-state index in [-0.39, 0.29) is 5.97 Å². The Morgan fingerprint density at radius 3 is 2.26 bits per heavy atom. The van der Waals surface area contributed by atoms with Crippen molar-refractivity contribution in [3.63, 3.8) is 0 Å². The molecule has 0 radical (unpaired) electrons. The van der Waals surface area contributed by atoms with Gasteiger partial charge in [0, 0.05) is 11.6 Å². The van der Waals surface area contributed by atoms with Crippen LogP contribution in [0.2, 0.25) is 0 Å². The first kappa shape index (κ1) is 17.1. The quantitative estimate of drug-likeness (QED) is 0.572. The van der Waals surface area contributed by atoms with Crippen LogP contribution in [0.1, 0.15) is 21.5 Å². The molecule has 0 aliphatic rings. The number of hydrogen-bond donors (Lipinski definition) is 0. The molecule has 2 aromatic rings. The maximum absolute atomic E-state index is 11.8. The highest BCUT2D eigenvalue weighted by Crippen LogP contribution is 2.33. The molecule has 4 nitrogen and oxygen atoms in total. The highest BCUT2D eigenvalue weighted by atomic mass is 79.9. The fourth-order valence-electron chi connectivity index (χ4n) is 2.13. The van der Waals surface area contributed by atoms with Gasteiger partial charge in [-0.1, -0.05) is 30.4 Å². The summed E-state index contributed by atoms with van der Waals surface area (Å²) in [5.74, 6) is 0.999. The molecular formula is C18H17BrO4. The van der Waals surface area contributed by atoms with E-state index < -0.39 is 0 Å². The molecule has 0 spiro atoms. The number of hydrogen-bond acceptors (Lipinski definition) is 4. The number of esters is 1. The summed E-state index contributed by atoms with van der Waals surface area (Å²) in [6, 6.07) is 11.0. The topological polar surface area (TPSA) is 44.8 Å². The van der Waals surface area contributed by atoms with Crippen LogP contribution in [0.5, 0.6) is 11.5 Å². The van der Waals surface area contributed by atoms with Crippen LogP contribution in [-0.2, 0) is 4.74 Å². The Labute approximate surface area is 143 Å². The summed E-state index contributed by atoms with van der Waals surface area (Å²) in [5.41, 5.74) is 2.14. The predicted molar refractivity (Wildman–Crippen MR) is 94.0 cm³/mol. The Balaban J connectivity index is 2.41. The molecule has 0 atom stereocenters. The number of halogens is 1. The molecule has 0 saturated heterocycles. The molecule has 2 rings (SSSR count). The third kappa shape index (κ3) is 3.93. The van der Waals surface area contributed by atoms with Gasteiger partial charge in [0.2, 0.25) is 0 Å². The van der Waals surface area contributed by atoms with E-state index in [2.05, 4.69) is 15.9 Å². The summed E-state index contributed by atoms with van der Waals surface area (Å²) >= 11 is 3.46. The van der Waals surface area contributed by atoms with Crippen molar-refractivity contribution >= 4 is 34.1 Å². The van der Waals surface area contributed by atoms with Crippen LogP contribution in [0.3, 0.4) is 0 Å². The van der Waals surface area contributed by atoms with Crippen LogP contribution in [0, 0.1) is 0 Å². The molecule has 0 aromatic heterocycles. The first-order chi connectivity index (χ1) is 11.1. The van der Waals surface area contributed by atoms with Crippen molar-refractivity contribution < 1.29 is 19.0 Å². The molecule has 23 heavy (non-hydrogen) atoms. The lowest BCUT2D eigenvalue weighted by atomic mass is 10.1. The van der Waals surface area contributed by atoms with E-state index in [1.54, 1.807) is 32.4 Å². The summed E-state index contributed by atoms with van der Waals surface area (Å²) in [4.78, 5) is 11.8. The molecule has 0 aliphatic heterocycles. The van der Waals surface area contributed by atoms with Gasteiger partial charge < -0.3 is 14.2 Å². The van der Waals surface area contributed by atoms with E-state index >= 15 is 0 Å². The molecule has 120 valence electrons. The summed E-state index contributed by atoms with van der Waals surface area (Å²) in [6.07, 6.45) is 3.73. The molecule has 0 aliphatic carbocycles. The zero-order chi connectivity index (χ0) is 16.8. The average Bonchev–Trinajstić information content (AvgIpc) is 2.59. The number of benzene rings is 2. The van der Waals surface area contributed by atoms with E-state index in [0.29, 0.717) is 17.1 Å². The molecule has 0 N–H and O–H groups in total. The minimum atomic E-state index is -0.367. The van der Waals surface area contributed by atoms with Crippen LogP contribution < -0.4 is 9.47 Å². The highest BCUT2D eigenvalue weighted by Gasteiger charge is 2.10. The van der Waals surface area contributed by atoms with Crippen molar-refractivity contribution in [1.82, 2.24) is 0 Å². The predicted octanol–water partition coefficient (Wildman–Crippen LogP) is 4.42. The van der Waals surface area contributed by atoms with E-state index in [1.165, 1.54) is 7.11 Å². The van der Waals surface area contributed by atoms with Gasteiger partial charge in [0.15, 0.2) is 0 Å². The second kappa shape index (κ2) is 7.83. The fourth-order valence-corrected chi connectivity index (χ4v) is 2.65. The minimum absolute atomic E-state index is 0.367. The van der Waals surface area contributed by atoms with Crippen LogP contribution in [0.25, 0.3) is 12.2 Å². The first-order valence-electron chi connectivity index (χ1n) is 6.87. The molecule has 0 amide bonds. The summed E-state index contributed by atoms with van der Waals surface area (Å²) in [7, 11) is 4.57. The van der Waals surface area contributed by atoms with Crippen LogP contribution in [0.4, 0.5) is 0 Å². The largest absolute Gasteiger partial charge is 0.496 e. The van der Waals surface area contributed by atoms with Gasteiger partial charge in [-0.3, -0.25) is 0 Å². The zero-order valence-corrected chi connectivity index (χ0v) is 14.7. The number of carbonyl (C=O) groups excluding carboxylic acids is 1. The Hall–Kier alpha value is -2.27. The van der Waals surface area contributed by atoms with E-state index in [0.717, 1.165) is 15.6 Å². The van der Waals surface area contributed by atoms with Crippen molar-refractivity contribution in [2.24, 2.45) is 0 Å². The van der Waals surface area contributed by atoms with Gasteiger partial charge in [0.25, 0.3) is 0 Å². The highest BCUT2D eigenvalue weighted by molar-refractivity contribution is 9.10. The van der Waals surface area contributed by atoms with E-state index in [9.17, 15) is 4.79 Å². The second-order valence-corrected chi connectivity index (χ2v) is 5.50. The Kier molecular flexibility index (Phi) is 5.82. The third-order valence-electron chi connectivity index (χ3n) is 3.31. The van der Waals surface area contributed by atoms with Crippen molar-refractivity contribution in [3.8, 4) is 11.5 Å². The monoisotopic (exact) mass is 376 g/mol. The van der Waals surface area contributed by atoms with Gasteiger partial charge >= 0.3 is 5.97 Å². The standard InChI is InChI=1S/C18H17BrO4/c1-21-16-11-17(22-2)15(19)10-13(16)9-8-12-6-4-5-7-14(12)18(20)23-3/h4-11H,1-3H3/b9-8+. The van der Waals surface area contributed by atoms with Crippen LogP contribution in [-0.4, -0.2) is 27.3 Å². The lowest BCUT2D eigenvalue weighted by molar-refractivity contribution is 0.0600. The van der Waals surface area contributed by atoms with E-state index in [1.807, 2.05) is 30.4 Å². The lowest BCUT2D eigenvalue weighted by Gasteiger charge is -2.10. The van der Waals surface area contributed by atoms with E-state index in [4.69, 9.17) is 14.2 Å². The van der Waals surface area contributed by atoms with Gasteiger partial charge in [-0.2, -0.15) is 0 Å². The maximum Gasteiger partial charge on any atom is 0.338 e. The fraction of sp³-hybridized carbons (Fsp3) is 0.167. The van der Waals surface area contributed by atoms with Gasteiger partial charge in [-0.05, 0) is 33.6 Å². The molecule has 0 fully saturated rings. The van der Waals surface area contributed by atoms with Gasteiger partial charge in [0.05, 0.1) is 31.4 Å². The van der Waals surface area contributed by atoms with Gasteiger partial charge in [-0.15, -0.1) is 0 Å². The Morgan fingerprint density at radius 1 is 0.957 bits per heavy atom. The normalized spacial score (nSPS) is 10.6. The van der Waals surface area contributed by atoms with Gasteiger partial charge in [-0.25, -0.2) is 4.79 Å². The molecule has 0 heterocycles. The molecule has 0 saturated carbocycles. The molecule has 2 aromatic carbocycles. The molecule has 5 heteroatoms.